The summed E-state index contributed by atoms with van der Waals surface area (Å²) in [6, 6.07) is 0. The van der Waals surface area contributed by atoms with Crippen molar-refractivity contribution in [2.24, 2.45) is 23.7 Å². The zero-order valence-corrected chi connectivity index (χ0v) is 70.5. The molecule has 0 aliphatic carbocycles. The highest BCUT2D eigenvalue weighted by Gasteiger charge is 2.30. The first-order valence-electron chi connectivity index (χ1n) is 43.8. The average molecular weight is 1520 g/mol. The molecule has 0 aromatic heterocycles. The van der Waals surface area contributed by atoms with Gasteiger partial charge in [0, 0.05) is 25.7 Å². The van der Waals surface area contributed by atoms with Crippen LogP contribution in [0.3, 0.4) is 0 Å². The highest BCUT2D eigenvalue weighted by atomic mass is 31.2. The Hall–Kier alpha value is -1.94. The minimum Gasteiger partial charge on any atom is -0.462 e. The Morgan fingerprint density at radius 3 is 0.683 bits per heavy atom. The lowest BCUT2D eigenvalue weighted by Crippen LogP contribution is -2.30. The molecule has 0 aliphatic rings. The molecular formula is C85H166O17P2. The second-order valence-electron chi connectivity index (χ2n) is 32.0. The molecule has 0 aromatic rings. The zero-order chi connectivity index (χ0) is 76.7. The molecule has 4 unspecified atom stereocenters. The monoisotopic (exact) mass is 1520 g/mol. The highest BCUT2D eigenvalue weighted by Crippen LogP contribution is 2.45. The molecule has 0 aromatic carbocycles. The maximum Gasteiger partial charge on any atom is 0.472 e. The Morgan fingerprint density at radius 1 is 0.269 bits per heavy atom. The fourth-order valence-electron chi connectivity index (χ4n) is 13.1. The topological polar surface area (TPSA) is 237 Å². The fraction of sp³-hybridized carbons (Fsp3) is 0.953. The van der Waals surface area contributed by atoms with Crippen molar-refractivity contribution in [2.45, 2.75) is 459 Å². The molecule has 0 aliphatic heterocycles. The lowest BCUT2D eigenvalue weighted by atomic mass is 9.99. The molecule has 0 rings (SSSR count). The van der Waals surface area contributed by atoms with Crippen molar-refractivity contribution in [3.63, 3.8) is 0 Å². The molecule has 0 fully saturated rings. The third-order valence-electron chi connectivity index (χ3n) is 20.5. The number of phosphoric ester groups is 2. The van der Waals surface area contributed by atoms with E-state index in [1.807, 2.05) is 0 Å². The Balaban J connectivity index is 5.27. The summed E-state index contributed by atoms with van der Waals surface area (Å²) in [4.78, 5) is 73.2. The molecule has 618 valence electrons. The number of aliphatic hydroxyl groups excluding tert-OH is 1. The van der Waals surface area contributed by atoms with E-state index >= 15 is 0 Å². The first-order valence-corrected chi connectivity index (χ1v) is 46.8. The molecule has 7 atom stereocenters. The van der Waals surface area contributed by atoms with Crippen molar-refractivity contribution in [3.05, 3.63) is 0 Å². The van der Waals surface area contributed by atoms with Gasteiger partial charge in [0.2, 0.25) is 0 Å². The largest absolute Gasteiger partial charge is 0.472 e. The number of carbonyl (C=O) groups excluding carboxylic acids is 4. The first-order chi connectivity index (χ1) is 50.2. The standard InChI is InChI=1S/C85H166O17P2/c1-9-77(7)63-55-47-39-31-22-18-15-16-19-23-33-41-49-57-65-82(87)95-71-80(101-84(89)67-59-51-43-35-24-20-14-12-11-13-17-21-29-37-45-53-61-75(3)4)73-99-103(91,92)97-69-79(86)70-98-104(93,94)100-74-81(72-96-83(88)66-58-50-42-34-27-25-30-38-46-54-62-76(5)6)102-85(90)68-60-52-44-36-28-26-32-40-48-56-64-78(8)10-2/h75-81,86H,9-74H2,1-8H3,(H,91,92)(H,93,94)/t77?,78?,79-,80-,81-/m1/s1. The number of hydrogen-bond donors (Lipinski definition) is 3. The van der Waals surface area contributed by atoms with Gasteiger partial charge in [0.15, 0.2) is 12.2 Å². The van der Waals surface area contributed by atoms with Gasteiger partial charge in [-0.1, -0.05) is 389 Å². The minimum atomic E-state index is -4.97. The third-order valence-corrected chi connectivity index (χ3v) is 22.4. The van der Waals surface area contributed by atoms with Gasteiger partial charge in [0.1, 0.15) is 19.3 Å². The summed E-state index contributed by atoms with van der Waals surface area (Å²) in [5.74, 6) is 1.11. The van der Waals surface area contributed by atoms with Gasteiger partial charge in [-0.3, -0.25) is 37.3 Å². The molecular weight excluding hydrogens is 1350 g/mol. The van der Waals surface area contributed by atoms with Crippen LogP contribution in [-0.4, -0.2) is 96.7 Å². The zero-order valence-electron chi connectivity index (χ0n) is 68.7. The Bertz CT molecular complexity index is 2030. The maximum atomic E-state index is 13.1. The van der Waals surface area contributed by atoms with Gasteiger partial charge in [0.25, 0.3) is 0 Å². The number of aliphatic hydroxyl groups is 1. The van der Waals surface area contributed by atoms with Gasteiger partial charge in [-0.05, 0) is 49.4 Å². The summed E-state index contributed by atoms with van der Waals surface area (Å²) in [6.07, 6.45) is 62.2. The lowest BCUT2D eigenvalue weighted by molar-refractivity contribution is -0.161. The second kappa shape index (κ2) is 73.8. The molecule has 0 bridgehead atoms. The van der Waals surface area contributed by atoms with Gasteiger partial charge in [-0.25, -0.2) is 9.13 Å². The van der Waals surface area contributed by atoms with Gasteiger partial charge in [0.05, 0.1) is 26.4 Å². The van der Waals surface area contributed by atoms with Crippen molar-refractivity contribution in [3.8, 4) is 0 Å². The summed E-state index contributed by atoms with van der Waals surface area (Å²) in [6.45, 7) is 14.4. The van der Waals surface area contributed by atoms with Gasteiger partial charge in [-0.15, -0.1) is 0 Å². The smallest absolute Gasteiger partial charge is 0.462 e. The van der Waals surface area contributed by atoms with E-state index in [-0.39, 0.29) is 25.7 Å². The molecule has 0 heterocycles. The van der Waals surface area contributed by atoms with Crippen LogP contribution in [0.15, 0.2) is 0 Å². The molecule has 0 spiro atoms. The predicted molar refractivity (Wildman–Crippen MR) is 428 cm³/mol. The molecule has 3 N–H and O–H groups in total. The molecule has 104 heavy (non-hydrogen) atoms. The minimum absolute atomic E-state index is 0.106. The number of ether oxygens (including phenoxy) is 4. The summed E-state index contributed by atoms with van der Waals surface area (Å²) in [5, 5.41) is 10.7. The Labute approximate surface area is 638 Å². The van der Waals surface area contributed by atoms with Crippen molar-refractivity contribution >= 4 is 39.5 Å². The number of rotatable bonds is 82. The van der Waals surface area contributed by atoms with Crippen molar-refractivity contribution in [2.75, 3.05) is 39.6 Å². The van der Waals surface area contributed by atoms with Gasteiger partial charge in [-0.2, -0.15) is 0 Å². The number of unbranched alkanes of at least 4 members (excludes halogenated alkanes) is 46. The number of phosphoric acid groups is 2. The summed E-state index contributed by atoms with van der Waals surface area (Å²) in [7, 11) is -9.93. The molecule has 0 saturated carbocycles. The number of esters is 4. The number of hydrogen-bond acceptors (Lipinski definition) is 15. The fourth-order valence-corrected chi connectivity index (χ4v) is 14.7. The van der Waals surface area contributed by atoms with Crippen molar-refractivity contribution in [1.29, 1.82) is 0 Å². The van der Waals surface area contributed by atoms with Crippen molar-refractivity contribution in [1.82, 2.24) is 0 Å². The molecule has 0 amide bonds. The van der Waals surface area contributed by atoms with E-state index in [2.05, 4.69) is 55.4 Å². The van der Waals surface area contributed by atoms with E-state index in [1.165, 1.54) is 244 Å². The lowest BCUT2D eigenvalue weighted by Gasteiger charge is -2.21. The van der Waals surface area contributed by atoms with E-state index in [0.29, 0.717) is 25.7 Å². The summed E-state index contributed by atoms with van der Waals surface area (Å²) in [5.41, 5.74) is 0. The van der Waals surface area contributed by atoms with Gasteiger partial charge >= 0.3 is 39.5 Å². The SMILES string of the molecule is CCC(C)CCCCCCCCCCCCCCCCC(=O)OC[C@H](COP(=O)(O)OC[C@@H](O)COP(=O)(O)OC[C@@H](COC(=O)CCCCCCCCCCCCC(C)C)OC(=O)CCCCCCCCCCCCC(C)CC)OC(=O)CCCCCCCCCCCCCCCCCCC(C)C. The van der Waals surface area contributed by atoms with Crippen LogP contribution in [0.4, 0.5) is 0 Å². The first kappa shape index (κ1) is 102. The van der Waals surface area contributed by atoms with Crippen LogP contribution >= 0.6 is 15.6 Å². The molecule has 0 radical (unpaired) electrons. The molecule has 17 nitrogen and oxygen atoms in total. The quantitative estimate of drug-likeness (QED) is 0.0222. The molecule has 0 saturated heterocycles. The van der Waals surface area contributed by atoms with E-state index < -0.39 is 97.5 Å². The van der Waals surface area contributed by atoms with Crippen LogP contribution in [-0.2, 0) is 65.4 Å². The van der Waals surface area contributed by atoms with E-state index in [4.69, 9.17) is 37.0 Å². The second-order valence-corrected chi connectivity index (χ2v) is 34.9. The van der Waals surface area contributed by atoms with Crippen LogP contribution < -0.4 is 0 Å². The van der Waals surface area contributed by atoms with Crippen LogP contribution in [0, 0.1) is 23.7 Å². The Morgan fingerprint density at radius 2 is 0.462 bits per heavy atom. The third kappa shape index (κ3) is 75.5. The van der Waals surface area contributed by atoms with Crippen LogP contribution in [0.25, 0.3) is 0 Å². The van der Waals surface area contributed by atoms with E-state index in [0.717, 1.165) is 114 Å². The van der Waals surface area contributed by atoms with Crippen molar-refractivity contribution < 1.29 is 80.2 Å². The molecule has 19 heteroatoms. The predicted octanol–water partition coefficient (Wildman–Crippen LogP) is 25.6. The average Bonchev–Trinajstić information content (AvgIpc) is 0.904. The van der Waals surface area contributed by atoms with E-state index in [1.54, 1.807) is 0 Å². The summed E-state index contributed by atoms with van der Waals surface area (Å²) < 4.78 is 68.9. The van der Waals surface area contributed by atoms with Crippen LogP contribution in [0.2, 0.25) is 0 Å². The Kier molecular flexibility index (Phi) is 72.5. The summed E-state index contributed by atoms with van der Waals surface area (Å²) >= 11 is 0. The van der Waals surface area contributed by atoms with E-state index in [9.17, 15) is 43.2 Å². The highest BCUT2D eigenvalue weighted by molar-refractivity contribution is 7.47. The van der Waals surface area contributed by atoms with Gasteiger partial charge < -0.3 is 33.8 Å². The number of carbonyl (C=O) groups is 4. The van der Waals surface area contributed by atoms with Crippen LogP contribution in [0.5, 0.6) is 0 Å². The van der Waals surface area contributed by atoms with Crippen LogP contribution in [0.1, 0.15) is 441 Å². The normalized spacial score (nSPS) is 14.5. The maximum absolute atomic E-state index is 13.1.